The molecule has 0 bridgehead atoms. The number of aryl methyl sites for hydroxylation is 1. The molecular formula is C27H23Br2Cl2N3O3. The molecule has 4 aromatic rings. The zero-order valence-corrected chi connectivity index (χ0v) is 24.8. The molecule has 0 aliphatic rings. The predicted molar refractivity (Wildman–Crippen MR) is 157 cm³/mol. The summed E-state index contributed by atoms with van der Waals surface area (Å²) < 4.78 is 14.6. The number of ether oxygens (including phenoxy) is 2. The fourth-order valence-electron chi connectivity index (χ4n) is 3.71. The van der Waals surface area contributed by atoms with Gasteiger partial charge in [0.25, 0.3) is 5.56 Å². The molecule has 0 aliphatic carbocycles. The molecule has 6 nitrogen and oxygen atoms in total. The van der Waals surface area contributed by atoms with Gasteiger partial charge >= 0.3 is 0 Å². The maximum Gasteiger partial charge on any atom is 0.282 e. The van der Waals surface area contributed by atoms with Gasteiger partial charge in [0.2, 0.25) is 0 Å². The average Bonchev–Trinajstić information content (AvgIpc) is 2.87. The highest BCUT2D eigenvalue weighted by Gasteiger charge is 2.15. The number of nitrogens with zero attached hydrogens (tertiary/aromatic N) is 3. The highest BCUT2D eigenvalue weighted by molar-refractivity contribution is 9.10. The first-order valence-corrected chi connectivity index (χ1v) is 13.8. The van der Waals surface area contributed by atoms with E-state index in [4.69, 9.17) is 37.7 Å². The lowest BCUT2D eigenvalue weighted by Crippen LogP contribution is -2.22. The first-order valence-electron chi connectivity index (χ1n) is 11.5. The van der Waals surface area contributed by atoms with Crippen molar-refractivity contribution in [2.24, 2.45) is 5.10 Å². The van der Waals surface area contributed by atoms with Crippen molar-refractivity contribution in [3.63, 3.8) is 0 Å². The molecule has 0 fully saturated rings. The molecule has 0 radical (unpaired) electrons. The Morgan fingerprint density at radius 1 is 1.08 bits per heavy atom. The summed E-state index contributed by atoms with van der Waals surface area (Å²) in [5.74, 6) is 1.55. The number of benzene rings is 3. The minimum atomic E-state index is -0.244. The van der Waals surface area contributed by atoms with Gasteiger partial charge in [-0.05, 0) is 48.9 Å². The Morgan fingerprint density at radius 2 is 1.89 bits per heavy atom. The Labute approximate surface area is 241 Å². The number of hydrogen-bond donors (Lipinski definition) is 0. The van der Waals surface area contributed by atoms with E-state index in [1.54, 1.807) is 37.6 Å². The molecule has 0 unspecified atom stereocenters. The Balaban J connectivity index is 1.77. The molecule has 37 heavy (non-hydrogen) atoms. The van der Waals surface area contributed by atoms with E-state index in [2.05, 4.69) is 43.9 Å². The van der Waals surface area contributed by atoms with Crippen LogP contribution in [0.2, 0.25) is 10.0 Å². The third-order valence-corrected chi connectivity index (χ3v) is 7.14. The smallest absolute Gasteiger partial charge is 0.282 e. The van der Waals surface area contributed by atoms with E-state index in [0.29, 0.717) is 50.3 Å². The molecule has 10 heteroatoms. The fourth-order valence-corrected chi connectivity index (χ4v) is 4.99. The summed E-state index contributed by atoms with van der Waals surface area (Å²) in [5.41, 5.74) is 1.77. The number of halogens is 4. The summed E-state index contributed by atoms with van der Waals surface area (Å²) in [4.78, 5) is 18.2. The minimum Gasteiger partial charge on any atom is -0.493 e. The summed E-state index contributed by atoms with van der Waals surface area (Å²) >= 11 is 19.3. The van der Waals surface area contributed by atoms with Gasteiger partial charge in [0.1, 0.15) is 12.4 Å². The zero-order valence-electron chi connectivity index (χ0n) is 20.1. The fraction of sp³-hybridized carbons (Fsp3) is 0.222. The van der Waals surface area contributed by atoms with Crippen molar-refractivity contribution >= 4 is 72.2 Å². The molecule has 0 N–H and O–H groups in total. The quantitative estimate of drug-likeness (QED) is 0.170. The second-order valence-electron chi connectivity index (χ2n) is 8.21. The lowest BCUT2D eigenvalue weighted by atomic mass is 10.2. The van der Waals surface area contributed by atoms with Gasteiger partial charge in [-0.1, -0.05) is 74.5 Å². The molecular weight excluding hydrogens is 645 g/mol. The summed E-state index contributed by atoms with van der Waals surface area (Å²) in [6, 6.07) is 14.3. The van der Waals surface area contributed by atoms with E-state index in [1.807, 2.05) is 24.3 Å². The molecule has 192 valence electrons. The van der Waals surface area contributed by atoms with Crippen molar-refractivity contribution < 1.29 is 9.47 Å². The van der Waals surface area contributed by atoms with Crippen LogP contribution in [0.4, 0.5) is 0 Å². The Morgan fingerprint density at radius 3 is 2.62 bits per heavy atom. The van der Waals surface area contributed by atoms with Crippen LogP contribution >= 0.6 is 55.1 Å². The van der Waals surface area contributed by atoms with Crippen LogP contribution in [0.5, 0.6) is 11.5 Å². The van der Waals surface area contributed by atoms with Crippen LogP contribution in [-0.2, 0) is 13.0 Å². The van der Waals surface area contributed by atoms with Crippen LogP contribution in [-0.4, -0.2) is 23.0 Å². The van der Waals surface area contributed by atoms with Gasteiger partial charge in [-0.2, -0.15) is 9.78 Å². The van der Waals surface area contributed by atoms with Crippen LogP contribution in [0.15, 0.2) is 67.4 Å². The highest BCUT2D eigenvalue weighted by Crippen LogP contribution is 2.35. The molecule has 0 atom stereocenters. The van der Waals surface area contributed by atoms with Gasteiger partial charge in [-0.25, -0.2) is 4.98 Å². The lowest BCUT2D eigenvalue weighted by Gasteiger charge is -2.15. The van der Waals surface area contributed by atoms with Gasteiger partial charge < -0.3 is 9.47 Å². The maximum atomic E-state index is 13.4. The standard InChI is InChI=1S/C27H23Br2Cl2N3O3/c1-3-4-5-25-33-23-9-7-18(28)11-21(23)27(35)34(25)32-14-17-10-19(29)12-24(36-2)26(17)37-15-16-6-8-20(30)13-22(16)31/h6-14H,3-5,15H2,1-2H3. The predicted octanol–water partition coefficient (Wildman–Crippen LogP) is 8.04. The minimum absolute atomic E-state index is 0.183. The van der Waals surface area contributed by atoms with E-state index < -0.39 is 0 Å². The van der Waals surface area contributed by atoms with Crippen LogP contribution in [0.3, 0.4) is 0 Å². The molecule has 3 aromatic carbocycles. The van der Waals surface area contributed by atoms with Crippen molar-refractivity contribution in [3.05, 3.63) is 94.8 Å². The molecule has 1 aromatic heterocycles. The second-order valence-corrected chi connectivity index (χ2v) is 10.9. The largest absolute Gasteiger partial charge is 0.493 e. The van der Waals surface area contributed by atoms with Crippen LogP contribution < -0.4 is 15.0 Å². The topological polar surface area (TPSA) is 65.7 Å². The number of methoxy groups -OCH3 is 1. The van der Waals surface area contributed by atoms with Crippen molar-refractivity contribution in [3.8, 4) is 11.5 Å². The van der Waals surface area contributed by atoms with Crippen molar-refractivity contribution in [1.82, 2.24) is 9.66 Å². The molecule has 0 spiro atoms. The van der Waals surface area contributed by atoms with Crippen molar-refractivity contribution in [1.29, 1.82) is 0 Å². The molecule has 1 heterocycles. The van der Waals surface area contributed by atoms with Crippen LogP contribution in [0, 0.1) is 0 Å². The highest BCUT2D eigenvalue weighted by atomic mass is 79.9. The van der Waals surface area contributed by atoms with Crippen LogP contribution in [0.1, 0.15) is 36.7 Å². The van der Waals surface area contributed by atoms with Crippen molar-refractivity contribution in [2.45, 2.75) is 32.8 Å². The third kappa shape index (κ3) is 6.55. The first-order chi connectivity index (χ1) is 17.8. The number of rotatable bonds is 9. The Bertz CT molecular complexity index is 1540. The molecule has 0 saturated carbocycles. The van der Waals surface area contributed by atoms with E-state index in [1.165, 1.54) is 4.68 Å². The summed E-state index contributed by atoms with van der Waals surface area (Å²) in [6.45, 7) is 2.27. The third-order valence-electron chi connectivity index (χ3n) is 5.60. The Hall–Kier alpha value is -2.39. The monoisotopic (exact) mass is 665 g/mol. The van der Waals surface area contributed by atoms with Crippen molar-refractivity contribution in [2.75, 3.05) is 7.11 Å². The summed E-state index contributed by atoms with van der Waals surface area (Å²) in [5, 5.41) is 6.09. The van der Waals surface area contributed by atoms with Gasteiger partial charge in [0.15, 0.2) is 11.5 Å². The number of hydrogen-bond acceptors (Lipinski definition) is 5. The van der Waals surface area contributed by atoms with E-state index in [0.717, 1.165) is 27.4 Å². The van der Waals surface area contributed by atoms with Crippen LogP contribution in [0.25, 0.3) is 10.9 Å². The molecule has 0 aliphatic heterocycles. The number of aromatic nitrogens is 2. The molecule has 4 rings (SSSR count). The van der Waals surface area contributed by atoms with Gasteiger partial charge in [-0.3, -0.25) is 4.79 Å². The second kappa shape index (κ2) is 12.4. The van der Waals surface area contributed by atoms with E-state index >= 15 is 0 Å². The van der Waals surface area contributed by atoms with Gasteiger partial charge in [-0.15, -0.1) is 0 Å². The first kappa shape index (κ1) is 27.6. The Kier molecular flexibility index (Phi) is 9.29. The van der Waals surface area contributed by atoms with Gasteiger partial charge in [0, 0.05) is 36.5 Å². The number of fused-ring (bicyclic) bond motifs is 1. The SMILES string of the molecule is CCCCc1nc2ccc(Br)cc2c(=O)n1N=Cc1cc(Br)cc(OC)c1OCc1ccc(Cl)cc1Cl. The molecule has 0 saturated heterocycles. The summed E-state index contributed by atoms with van der Waals surface area (Å²) in [6.07, 6.45) is 4.04. The zero-order chi connectivity index (χ0) is 26.5. The average molecular weight is 668 g/mol. The molecule has 0 amide bonds. The van der Waals surface area contributed by atoms with Gasteiger partial charge in [0.05, 0.1) is 24.2 Å². The summed E-state index contributed by atoms with van der Waals surface area (Å²) in [7, 11) is 1.56. The normalized spacial score (nSPS) is 11.4. The van der Waals surface area contributed by atoms with E-state index in [-0.39, 0.29) is 12.2 Å². The lowest BCUT2D eigenvalue weighted by molar-refractivity contribution is 0.284. The van der Waals surface area contributed by atoms with E-state index in [9.17, 15) is 4.79 Å². The maximum absolute atomic E-state index is 13.4. The number of unbranched alkanes of at least 4 members (excludes halogenated alkanes) is 1.